The van der Waals surface area contributed by atoms with Gasteiger partial charge in [-0.3, -0.25) is 33.5 Å². The van der Waals surface area contributed by atoms with E-state index in [0.29, 0.717) is 25.0 Å². The maximum Gasteiger partial charge on any atom is 0.330 e. The highest BCUT2D eigenvalue weighted by Gasteiger charge is 2.65. The van der Waals surface area contributed by atoms with Crippen LogP contribution in [0.25, 0.3) is 85.1 Å². The molecule has 22 nitrogen and oxygen atoms in total. The van der Waals surface area contributed by atoms with E-state index in [1.807, 2.05) is 56.3 Å². The molecular weight excluding hydrogens is 1380 g/mol. The number of carbonyl (C=O) groups is 1. The summed E-state index contributed by atoms with van der Waals surface area (Å²) in [5, 5.41) is 18.4. The third kappa shape index (κ3) is 13.4. The Morgan fingerprint density at radius 2 is 0.972 bits per heavy atom. The molecular formula is C82H83N9O13P2. The summed E-state index contributed by atoms with van der Waals surface area (Å²) in [5.74, 6) is 11.7. The summed E-state index contributed by atoms with van der Waals surface area (Å²) in [5.41, 5.74) is -2.76. The van der Waals surface area contributed by atoms with E-state index in [1.54, 1.807) is 0 Å². The Morgan fingerprint density at radius 3 is 1.48 bits per heavy atom. The molecule has 0 radical (unpaired) electrons. The van der Waals surface area contributed by atoms with Gasteiger partial charge in [-0.25, -0.2) is 32.1 Å². The van der Waals surface area contributed by atoms with Crippen molar-refractivity contribution < 1.29 is 41.8 Å². The lowest BCUT2D eigenvalue weighted by atomic mass is 9.88. The first kappa shape index (κ1) is 73.6. The molecule has 1 amide bonds. The van der Waals surface area contributed by atoms with Gasteiger partial charge in [0.25, 0.3) is 34.1 Å². The second kappa shape index (κ2) is 30.5. The second-order valence-electron chi connectivity index (χ2n) is 28.2. The van der Waals surface area contributed by atoms with Crippen LogP contribution in [0.1, 0.15) is 122 Å². The van der Waals surface area contributed by atoms with Gasteiger partial charge >= 0.3 is 11.4 Å². The Labute approximate surface area is 615 Å². The molecule has 11 aromatic rings. The van der Waals surface area contributed by atoms with Crippen molar-refractivity contribution in [3.8, 4) is 23.7 Å². The molecule has 15 rings (SSSR count). The molecule has 106 heavy (non-hydrogen) atoms. The third-order valence-corrected chi connectivity index (χ3v) is 24.8. The number of nitrogens with one attached hydrogen (secondary N) is 3. The van der Waals surface area contributed by atoms with Crippen LogP contribution in [-0.2, 0) is 37.0 Å². The van der Waals surface area contributed by atoms with Crippen molar-refractivity contribution in [1.82, 2.24) is 33.8 Å². The molecule has 10 atom stereocenters. The van der Waals surface area contributed by atoms with Crippen LogP contribution < -0.4 is 27.8 Å². The van der Waals surface area contributed by atoms with E-state index >= 15 is 0 Å². The van der Waals surface area contributed by atoms with Crippen LogP contribution in [0.15, 0.2) is 153 Å². The Hall–Kier alpha value is -9.29. The van der Waals surface area contributed by atoms with Crippen LogP contribution in [0.3, 0.4) is 0 Å². The van der Waals surface area contributed by atoms with Crippen LogP contribution in [0.5, 0.6) is 0 Å². The zero-order chi connectivity index (χ0) is 74.5. The van der Waals surface area contributed by atoms with Gasteiger partial charge in [-0.2, -0.15) is 0 Å². The highest BCUT2D eigenvalue weighted by Crippen LogP contribution is 2.58. The molecule has 4 aliphatic rings. The SMILES string of the molecule is [C-]#[N+]CCOP(O[C@@H]1C2OC[C@]1(CC)O[C@H]2n1cc(C#CCNC(=O)c2ccc3ccc4cccc5ccc2c3c45)c(=O)[nH]c1=O)N(C(C)C)C(C)C.[C-]#[N+]CCOP(O[C@@H]1C2OC[C@]1(CC)O[C@H]2n1cc(C#Cc2ccc3c4cccc5cccc(c6cccc2c63)c54)c(=O)[nH]c1=O)N(C(C)C)C(C)C. The fraction of sp³-hybridized carbons (Fsp3) is 0.378. The summed E-state index contributed by atoms with van der Waals surface area (Å²) < 4.78 is 58.6. The van der Waals surface area contributed by atoms with E-state index < -0.39 is 87.6 Å². The summed E-state index contributed by atoms with van der Waals surface area (Å²) in [7, 11) is -3.20. The molecule has 0 aliphatic carbocycles. The number of fused-ring (bicyclic) bond motifs is 6. The number of aromatic nitrogens is 4. The zero-order valence-corrected chi connectivity index (χ0v) is 62.5. The van der Waals surface area contributed by atoms with Crippen molar-refractivity contribution in [2.24, 2.45) is 0 Å². The average molecular weight is 1460 g/mol. The number of ether oxygens (including phenoxy) is 4. The van der Waals surface area contributed by atoms with E-state index in [2.05, 4.69) is 192 Å². The second-order valence-corrected chi connectivity index (χ2v) is 31.0. The van der Waals surface area contributed by atoms with E-state index in [9.17, 15) is 24.0 Å². The number of benzene rings is 9. The van der Waals surface area contributed by atoms with E-state index in [1.165, 1.54) is 43.1 Å². The number of hydrogen-bond donors (Lipinski definition) is 3. The maximum atomic E-state index is 13.4. The van der Waals surface area contributed by atoms with Gasteiger partial charge in [0.2, 0.25) is 13.1 Å². The molecule has 4 bridgehead atoms. The van der Waals surface area contributed by atoms with Gasteiger partial charge in [-0.1, -0.05) is 147 Å². The standard InChI is InChI=1S/C42H41N4O6P.C40H42N5O7P/c1-7-42-24-49-37(38(42)52-53(50-22-21-43-6)46(25(2)3)26(4)5)40(51-42)45-23-29(39(47)44-41(45)48)18-17-27-19-20-34-32-15-9-12-28-11-8-14-31(35(28)32)33-16-10-13-30(27)36(33)34;1-7-40-23-49-34(35(40)52-53(50-21-20-41-6)45(24(2)3)25(4)5)38(51-40)44-22-29(36(46)43-39(44)48)12-9-19-42-37(47)31-18-16-28-14-13-26-10-8-11-27-15-17-30(31)33(28)32(26)27/h8-16,19-20,23,25-26,37-38,40H,7,21-22,24H2,1-5H3,(H,44,47,48);8,10-11,13-18,22,24-25,34-35,38H,7,19-21,23H2,1-5H3,(H,42,47)(H,43,46,48)/t37?,38-,40-,42+,53?;34?,35-,38-,40+,53?/m11/s1. The molecule has 4 saturated heterocycles. The maximum absolute atomic E-state index is 13.4. The van der Waals surface area contributed by atoms with Crippen LogP contribution in [0.4, 0.5) is 0 Å². The molecule has 0 saturated carbocycles. The predicted octanol–water partition coefficient (Wildman–Crippen LogP) is 13.7. The van der Waals surface area contributed by atoms with Crippen molar-refractivity contribution in [2.75, 3.05) is 46.1 Å². The summed E-state index contributed by atoms with van der Waals surface area (Å²) >= 11 is 0. The lowest BCUT2D eigenvalue weighted by Crippen LogP contribution is -2.43. The molecule has 9 aromatic carbocycles. The summed E-state index contributed by atoms with van der Waals surface area (Å²) in [6.07, 6.45) is -0.303. The monoisotopic (exact) mass is 1460 g/mol. The smallest absolute Gasteiger partial charge is 0.330 e. The van der Waals surface area contributed by atoms with E-state index in [0.717, 1.165) is 59.4 Å². The normalized spacial score (nSPS) is 21.6. The van der Waals surface area contributed by atoms with Crippen LogP contribution in [0, 0.1) is 36.8 Å². The van der Waals surface area contributed by atoms with E-state index in [-0.39, 0.29) is 80.7 Å². The van der Waals surface area contributed by atoms with Gasteiger partial charge < -0.3 is 52.0 Å². The summed E-state index contributed by atoms with van der Waals surface area (Å²) in [6, 6.07) is 41.7. The molecule has 2 aromatic heterocycles. The fourth-order valence-electron chi connectivity index (χ4n) is 15.7. The highest BCUT2D eigenvalue weighted by molar-refractivity contribution is 7.45. The lowest BCUT2D eigenvalue weighted by molar-refractivity contribution is -0.175. The Morgan fingerprint density at radius 1 is 0.547 bits per heavy atom. The molecule has 544 valence electrons. The number of amides is 1. The number of rotatable bonds is 22. The minimum absolute atomic E-state index is 0.0286. The van der Waals surface area contributed by atoms with Crippen molar-refractivity contribution in [3.05, 3.63) is 220 Å². The minimum Gasteiger partial charge on any atom is -0.368 e. The molecule has 24 heteroatoms. The number of hydrogen-bond acceptors (Lipinski definition) is 15. The minimum atomic E-state index is -1.61. The Balaban J connectivity index is 0.000000178. The van der Waals surface area contributed by atoms with Gasteiger partial charge in [0.15, 0.2) is 12.5 Å². The average Bonchev–Trinajstić information content (AvgIpc) is 1.73. The number of carbonyl (C=O) groups excluding carboxylic acids is 1. The predicted molar refractivity (Wildman–Crippen MR) is 414 cm³/mol. The van der Waals surface area contributed by atoms with Gasteiger partial charge in [0, 0.05) is 47.7 Å². The first-order chi connectivity index (χ1) is 51.2. The van der Waals surface area contributed by atoms with Gasteiger partial charge in [0.05, 0.1) is 19.8 Å². The number of H-pyrrole nitrogens is 2. The third-order valence-electron chi connectivity index (χ3n) is 20.5. The van der Waals surface area contributed by atoms with Gasteiger partial charge in [0.1, 0.15) is 60.0 Å². The topological polar surface area (TPSA) is 228 Å². The molecule has 4 fully saturated rings. The highest BCUT2D eigenvalue weighted by atomic mass is 31.2. The molecule has 3 N–H and O–H groups in total. The summed E-state index contributed by atoms with van der Waals surface area (Å²) in [6.45, 7) is 36.4. The Kier molecular flexibility index (Phi) is 21.2. The molecule has 4 aliphatic heterocycles. The van der Waals surface area contributed by atoms with E-state index in [4.69, 9.17) is 50.2 Å². The largest absolute Gasteiger partial charge is 0.368 e. The first-order valence-corrected chi connectivity index (χ1v) is 38.2. The fourth-order valence-corrected chi connectivity index (χ4v) is 19.3. The first-order valence-electron chi connectivity index (χ1n) is 36.0. The van der Waals surface area contributed by atoms with Crippen LogP contribution >= 0.6 is 17.1 Å². The quantitative estimate of drug-likeness (QED) is 0.0143. The van der Waals surface area contributed by atoms with Gasteiger partial charge in [-0.15, -0.1) is 0 Å². The lowest BCUT2D eigenvalue weighted by Gasteiger charge is -2.38. The Bertz CT molecular complexity index is 5580. The van der Waals surface area contributed by atoms with Crippen molar-refractivity contribution in [2.45, 2.75) is 154 Å². The number of aromatic amines is 2. The molecule has 0 spiro atoms. The van der Waals surface area contributed by atoms with Crippen molar-refractivity contribution in [3.63, 3.8) is 0 Å². The van der Waals surface area contributed by atoms with Crippen molar-refractivity contribution >= 4 is 98.4 Å². The van der Waals surface area contributed by atoms with Crippen molar-refractivity contribution in [1.29, 1.82) is 0 Å². The molecule has 6 heterocycles. The van der Waals surface area contributed by atoms with Gasteiger partial charge in [-0.05, 0) is 156 Å². The molecule has 4 unspecified atom stereocenters. The summed E-state index contributed by atoms with van der Waals surface area (Å²) in [4.78, 5) is 77.8. The number of nitrogens with zero attached hydrogens (tertiary/aromatic N) is 6. The van der Waals surface area contributed by atoms with Crippen LogP contribution in [0.2, 0.25) is 0 Å². The zero-order valence-electron chi connectivity index (χ0n) is 60.7. The van der Waals surface area contributed by atoms with Crippen LogP contribution in [-0.4, -0.2) is 140 Å².